The largest absolute Gasteiger partial charge is 0.497 e. The first-order valence-electron chi connectivity index (χ1n) is 9.52. The first kappa shape index (κ1) is 19.7. The molecule has 1 aromatic heterocycles. The number of aromatic nitrogens is 3. The van der Waals surface area contributed by atoms with E-state index in [1.807, 2.05) is 31.2 Å². The lowest BCUT2D eigenvalue weighted by Crippen LogP contribution is -2.28. The Morgan fingerprint density at radius 2 is 1.96 bits per heavy atom. The number of hydrogen-bond donors (Lipinski definition) is 1. The molecule has 3 rings (SSSR count). The maximum absolute atomic E-state index is 12.0. The van der Waals surface area contributed by atoms with E-state index in [2.05, 4.69) is 27.0 Å². The number of carbonyl (C=O) groups excluding carboxylic acids is 1. The summed E-state index contributed by atoms with van der Waals surface area (Å²) in [6.45, 7) is 4.21. The number of amides is 1. The molecule has 0 unspecified atom stereocenters. The average Bonchev–Trinajstić information content (AvgIpc) is 3.10. The van der Waals surface area contributed by atoms with Crippen molar-refractivity contribution in [1.82, 2.24) is 20.1 Å². The molecule has 1 fully saturated rings. The Labute approximate surface area is 165 Å². The maximum atomic E-state index is 12.0. The van der Waals surface area contributed by atoms with Crippen molar-refractivity contribution in [2.75, 3.05) is 14.2 Å². The third kappa shape index (κ3) is 4.29. The fourth-order valence-corrected chi connectivity index (χ4v) is 4.65. The predicted molar refractivity (Wildman–Crippen MR) is 108 cm³/mol. The number of nitrogens with zero attached hydrogens (tertiary/aromatic N) is 3. The van der Waals surface area contributed by atoms with Crippen molar-refractivity contribution in [2.24, 2.45) is 5.92 Å². The number of nitrogens with one attached hydrogen (secondary N) is 1. The molecule has 0 spiro atoms. The summed E-state index contributed by atoms with van der Waals surface area (Å²) in [4.78, 5) is 12.0. The highest BCUT2D eigenvalue weighted by molar-refractivity contribution is 8.00. The fraction of sp³-hybridized carbons (Fsp3) is 0.550. The van der Waals surface area contributed by atoms with Crippen molar-refractivity contribution in [3.63, 3.8) is 0 Å². The summed E-state index contributed by atoms with van der Waals surface area (Å²) in [5.74, 6) is 2.24. The molecule has 1 aliphatic rings. The zero-order chi connectivity index (χ0) is 19.4. The second kappa shape index (κ2) is 8.78. The second-order valence-electron chi connectivity index (χ2n) is 7.11. The summed E-state index contributed by atoms with van der Waals surface area (Å²) in [7, 11) is 3.33. The molecule has 0 aliphatic heterocycles. The number of thioether (sulfide) groups is 1. The van der Waals surface area contributed by atoms with Crippen LogP contribution in [0.4, 0.5) is 0 Å². The summed E-state index contributed by atoms with van der Waals surface area (Å²) in [5, 5.41) is 12.3. The number of benzene rings is 1. The standard InChI is InChI=1S/C20H28N4O2S/c1-13-7-5-6-8-17(13)24-18(15-9-11-16(26-4)12-10-15)22-23-20(24)27-14(2)19(25)21-3/h9-14,17H,5-8H2,1-4H3,(H,21,25)/t13-,14+,17-/m1/s1. The zero-order valence-electron chi connectivity index (χ0n) is 16.4. The van der Waals surface area contributed by atoms with Gasteiger partial charge in [-0.3, -0.25) is 9.36 Å². The Balaban J connectivity index is 2.00. The molecular weight excluding hydrogens is 360 g/mol. The van der Waals surface area contributed by atoms with Crippen LogP contribution >= 0.6 is 11.8 Å². The molecule has 27 heavy (non-hydrogen) atoms. The Morgan fingerprint density at radius 1 is 1.26 bits per heavy atom. The molecule has 1 aromatic carbocycles. The van der Waals surface area contributed by atoms with Gasteiger partial charge in [0.2, 0.25) is 5.91 Å². The van der Waals surface area contributed by atoms with Gasteiger partial charge in [-0.2, -0.15) is 0 Å². The average molecular weight is 389 g/mol. The van der Waals surface area contributed by atoms with Gasteiger partial charge >= 0.3 is 0 Å². The van der Waals surface area contributed by atoms with E-state index in [0.29, 0.717) is 12.0 Å². The van der Waals surface area contributed by atoms with Gasteiger partial charge in [-0.05, 0) is 49.9 Å². The molecule has 1 saturated carbocycles. The molecule has 1 aliphatic carbocycles. The van der Waals surface area contributed by atoms with Crippen LogP contribution in [0.1, 0.15) is 45.6 Å². The van der Waals surface area contributed by atoms with Gasteiger partial charge in [-0.1, -0.05) is 31.5 Å². The van der Waals surface area contributed by atoms with Crippen LogP contribution in [0.15, 0.2) is 29.4 Å². The van der Waals surface area contributed by atoms with Crippen molar-refractivity contribution in [1.29, 1.82) is 0 Å². The highest BCUT2D eigenvalue weighted by Crippen LogP contribution is 2.39. The van der Waals surface area contributed by atoms with Crippen LogP contribution in [0, 0.1) is 5.92 Å². The van der Waals surface area contributed by atoms with Gasteiger partial charge in [-0.15, -0.1) is 10.2 Å². The van der Waals surface area contributed by atoms with E-state index in [9.17, 15) is 4.79 Å². The smallest absolute Gasteiger partial charge is 0.233 e. The van der Waals surface area contributed by atoms with Crippen LogP contribution < -0.4 is 10.1 Å². The lowest BCUT2D eigenvalue weighted by atomic mass is 9.85. The molecule has 1 N–H and O–H groups in total. The van der Waals surface area contributed by atoms with Crippen molar-refractivity contribution in [3.8, 4) is 17.1 Å². The first-order valence-corrected chi connectivity index (χ1v) is 10.4. The highest BCUT2D eigenvalue weighted by atomic mass is 32.2. The molecule has 146 valence electrons. The van der Waals surface area contributed by atoms with E-state index in [-0.39, 0.29) is 11.2 Å². The number of methoxy groups -OCH3 is 1. The second-order valence-corrected chi connectivity index (χ2v) is 8.42. The van der Waals surface area contributed by atoms with Crippen LogP contribution in [0.2, 0.25) is 0 Å². The molecule has 3 atom stereocenters. The first-order chi connectivity index (χ1) is 13.0. The zero-order valence-corrected chi connectivity index (χ0v) is 17.3. The van der Waals surface area contributed by atoms with Crippen LogP contribution in [-0.2, 0) is 4.79 Å². The molecule has 7 heteroatoms. The SMILES string of the molecule is CNC(=O)[C@H](C)Sc1nnc(-c2ccc(OC)cc2)n1[C@@H]1CCCC[C@H]1C. The van der Waals surface area contributed by atoms with Crippen LogP contribution in [0.5, 0.6) is 5.75 Å². The van der Waals surface area contributed by atoms with Crippen LogP contribution in [0.25, 0.3) is 11.4 Å². The van der Waals surface area contributed by atoms with E-state index in [1.54, 1.807) is 14.2 Å². The minimum Gasteiger partial charge on any atom is -0.497 e. The summed E-state index contributed by atoms with van der Waals surface area (Å²) in [6, 6.07) is 8.27. The fourth-order valence-electron chi connectivity index (χ4n) is 3.69. The highest BCUT2D eigenvalue weighted by Gasteiger charge is 2.30. The lowest BCUT2D eigenvalue weighted by Gasteiger charge is -2.31. The monoisotopic (exact) mass is 388 g/mol. The van der Waals surface area contributed by atoms with Crippen molar-refractivity contribution in [2.45, 2.75) is 56.0 Å². The maximum Gasteiger partial charge on any atom is 0.233 e. The summed E-state index contributed by atoms with van der Waals surface area (Å²) < 4.78 is 7.53. The van der Waals surface area contributed by atoms with Crippen LogP contribution in [0.3, 0.4) is 0 Å². The van der Waals surface area contributed by atoms with Crippen LogP contribution in [-0.4, -0.2) is 40.1 Å². The van der Waals surface area contributed by atoms with Crippen molar-refractivity contribution in [3.05, 3.63) is 24.3 Å². The molecule has 0 radical (unpaired) electrons. The number of rotatable bonds is 6. The van der Waals surface area contributed by atoms with E-state index >= 15 is 0 Å². The van der Waals surface area contributed by atoms with Gasteiger partial charge in [0, 0.05) is 18.7 Å². The minimum atomic E-state index is -0.222. The van der Waals surface area contributed by atoms with Gasteiger partial charge in [-0.25, -0.2) is 0 Å². The Kier molecular flexibility index (Phi) is 6.42. The topological polar surface area (TPSA) is 69.0 Å². The minimum absolute atomic E-state index is 0.00256. The van der Waals surface area contributed by atoms with E-state index < -0.39 is 0 Å². The third-order valence-corrected chi connectivity index (χ3v) is 6.37. The molecule has 2 aromatic rings. The Bertz CT molecular complexity index is 775. The predicted octanol–water partition coefficient (Wildman–Crippen LogP) is 3.93. The van der Waals surface area contributed by atoms with E-state index in [0.717, 1.165) is 28.7 Å². The lowest BCUT2D eigenvalue weighted by molar-refractivity contribution is -0.119. The molecule has 0 bridgehead atoms. The summed E-state index contributed by atoms with van der Waals surface area (Å²) in [6.07, 6.45) is 4.81. The molecule has 6 nitrogen and oxygen atoms in total. The quantitative estimate of drug-likeness (QED) is 0.759. The van der Waals surface area contributed by atoms with Crippen molar-refractivity contribution < 1.29 is 9.53 Å². The van der Waals surface area contributed by atoms with Gasteiger partial charge in [0.1, 0.15) is 5.75 Å². The number of ether oxygens (including phenoxy) is 1. The van der Waals surface area contributed by atoms with Gasteiger partial charge in [0.25, 0.3) is 0 Å². The van der Waals surface area contributed by atoms with Crippen molar-refractivity contribution >= 4 is 17.7 Å². The van der Waals surface area contributed by atoms with Gasteiger partial charge < -0.3 is 10.1 Å². The van der Waals surface area contributed by atoms with E-state index in [1.165, 1.54) is 31.0 Å². The number of hydrogen-bond acceptors (Lipinski definition) is 5. The normalized spacial score (nSPS) is 20.9. The van der Waals surface area contributed by atoms with Gasteiger partial charge in [0.05, 0.1) is 12.4 Å². The Morgan fingerprint density at radius 3 is 2.59 bits per heavy atom. The summed E-state index contributed by atoms with van der Waals surface area (Å²) in [5.41, 5.74) is 1.01. The molecular formula is C20H28N4O2S. The third-order valence-electron chi connectivity index (χ3n) is 5.31. The summed E-state index contributed by atoms with van der Waals surface area (Å²) >= 11 is 1.47. The van der Waals surface area contributed by atoms with E-state index in [4.69, 9.17) is 4.74 Å². The molecule has 1 amide bonds. The van der Waals surface area contributed by atoms with Gasteiger partial charge in [0.15, 0.2) is 11.0 Å². The molecule has 1 heterocycles. The molecule has 0 saturated heterocycles. The number of carbonyl (C=O) groups is 1. The Hall–Kier alpha value is -2.02.